The highest BCUT2D eigenvalue weighted by Crippen LogP contribution is 2.20. The second-order valence-electron chi connectivity index (χ2n) is 4.26. The molecule has 0 aliphatic heterocycles. The second kappa shape index (κ2) is 5.79. The summed E-state index contributed by atoms with van der Waals surface area (Å²) in [6.45, 7) is 2.38. The van der Waals surface area contributed by atoms with Gasteiger partial charge in [0.25, 0.3) is 5.91 Å². The predicted molar refractivity (Wildman–Crippen MR) is 80.5 cm³/mol. The summed E-state index contributed by atoms with van der Waals surface area (Å²) in [4.78, 5) is 12.9. The van der Waals surface area contributed by atoms with Crippen LogP contribution in [0.4, 0.5) is 0 Å². The highest BCUT2D eigenvalue weighted by molar-refractivity contribution is 9.10. The monoisotopic (exact) mass is 339 g/mol. The van der Waals surface area contributed by atoms with Crippen molar-refractivity contribution in [3.63, 3.8) is 0 Å². The van der Waals surface area contributed by atoms with Gasteiger partial charge in [0.15, 0.2) is 0 Å². The summed E-state index contributed by atoms with van der Waals surface area (Å²) in [6, 6.07) is 5.38. The van der Waals surface area contributed by atoms with Gasteiger partial charge >= 0.3 is 0 Å². The lowest BCUT2D eigenvalue weighted by Gasteiger charge is -2.07. The number of nitrogens with zero attached hydrogens (tertiary/aromatic N) is 2. The van der Waals surface area contributed by atoms with Crippen LogP contribution in [0.25, 0.3) is 0 Å². The molecule has 0 saturated carbocycles. The van der Waals surface area contributed by atoms with Crippen LogP contribution in [0, 0.1) is 6.92 Å². The molecule has 1 heterocycles. The number of hydrogen-bond donors (Lipinski definition) is 2. The fourth-order valence-electron chi connectivity index (χ4n) is 1.78. The Kier molecular flexibility index (Phi) is 4.31. The zero-order valence-electron chi connectivity index (χ0n) is 10.6. The summed E-state index contributed by atoms with van der Waals surface area (Å²) >= 11 is 7.60. The van der Waals surface area contributed by atoms with Crippen LogP contribution in [0.1, 0.15) is 21.6 Å². The lowest BCUT2D eigenvalue weighted by molar-refractivity contribution is 0.0950. The van der Waals surface area contributed by atoms with Crippen molar-refractivity contribution in [2.75, 3.05) is 0 Å². The first-order chi connectivity index (χ1) is 8.97. The van der Waals surface area contributed by atoms with Crippen molar-refractivity contribution in [2.45, 2.75) is 18.4 Å². The van der Waals surface area contributed by atoms with E-state index in [0.29, 0.717) is 12.1 Å². The van der Waals surface area contributed by atoms with Crippen LogP contribution in [0.2, 0.25) is 0 Å². The first-order valence-corrected chi connectivity index (χ1v) is 6.97. The molecule has 2 rings (SSSR count). The molecule has 0 bridgehead atoms. The smallest absolute Gasteiger partial charge is 0.252 e. The number of benzene rings is 1. The van der Waals surface area contributed by atoms with Crippen molar-refractivity contribution in [1.29, 1.82) is 0 Å². The average molecular weight is 340 g/mol. The molecule has 1 aromatic carbocycles. The Morgan fingerprint density at radius 1 is 1.53 bits per heavy atom. The molecule has 6 heteroatoms. The summed E-state index contributed by atoms with van der Waals surface area (Å²) < 4.78 is 2.49. The SMILES string of the molecule is Cc1nn(C)cc1CNC(=O)c1cc(S)ccc1Br. The zero-order valence-corrected chi connectivity index (χ0v) is 13.1. The van der Waals surface area contributed by atoms with Crippen LogP contribution in [0.15, 0.2) is 33.8 Å². The van der Waals surface area contributed by atoms with Crippen LogP contribution < -0.4 is 5.32 Å². The first-order valence-electron chi connectivity index (χ1n) is 5.73. The molecule has 2 aromatic rings. The minimum atomic E-state index is -0.133. The van der Waals surface area contributed by atoms with Crippen molar-refractivity contribution in [3.05, 3.63) is 45.7 Å². The number of carbonyl (C=O) groups excluding carboxylic acids is 1. The van der Waals surface area contributed by atoms with E-state index in [9.17, 15) is 4.79 Å². The maximum Gasteiger partial charge on any atom is 0.252 e. The molecular formula is C13H14BrN3OS. The number of aryl methyl sites for hydroxylation is 2. The molecule has 0 unspecified atom stereocenters. The Bertz CT molecular complexity index is 624. The molecule has 19 heavy (non-hydrogen) atoms. The molecule has 1 N–H and O–H groups in total. The number of aromatic nitrogens is 2. The molecule has 0 atom stereocenters. The van der Waals surface area contributed by atoms with E-state index in [2.05, 4.69) is 39.0 Å². The number of nitrogens with one attached hydrogen (secondary N) is 1. The molecule has 4 nitrogen and oxygen atoms in total. The van der Waals surface area contributed by atoms with Gasteiger partial charge in [0.05, 0.1) is 11.3 Å². The van der Waals surface area contributed by atoms with Crippen LogP contribution >= 0.6 is 28.6 Å². The normalized spacial score (nSPS) is 10.5. The van der Waals surface area contributed by atoms with Gasteiger partial charge in [-0.1, -0.05) is 0 Å². The van der Waals surface area contributed by atoms with Gasteiger partial charge in [-0.05, 0) is 41.1 Å². The number of amides is 1. The van der Waals surface area contributed by atoms with Crippen LogP contribution in [-0.4, -0.2) is 15.7 Å². The van der Waals surface area contributed by atoms with Crippen molar-refractivity contribution in [2.24, 2.45) is 7.05 Å². The Balaban J connectivity index is 2.09. The standard InChI is InChI=1S/C13H14BrN3OS/c1-8-9(7-17(2)16-8)6-15-13(18)11-5-10(19)3-4-12(11)14/h3-5,7,19H,6H2,1-2H3,(H,15,18). The van der Waals surface area contributed by atoms with Crippen LogP contribution in [0.3, 0.4) is 0 Å². The maximum absolute atomic E-state index is 12.1. The molecule has 0 aliphatic rings. The molecule has 1 aromatic heterocycles. The third-order valence-corrected chi connectivity index (χ3v) is 3.72. The van der Waals surface area contributed by atoms with Crippen molar-refractivity contribution < 1.29 is 4.79 Å². The Morgan fingerprint density at radius 2 is 2.26 bits per heavy atom. The van der Waals surface area contributed by atoms with E-state index in [-0.39, 0.29) is 5.91 Å². The Hall–Kier alpha value is -1.27. The van der Waals surface area contributed by atoms with E-state index in [1.54, 1.807) is 10.7 Å². The van der Waals surface area contributed by atoms with Crippen LogP contribution in [-0.2, 0) is 13.6 Å². The number of rotatable bonds is 3. The summed E-state index contributed by atoms with van der Waals surface area (Å²) in [7, 11) is 1.86. The number of halogens is 1. The molecule has 0 radical (unpaired) electrons. The fourth-order valence-corrected chi connectivity index (χ4v) is 2.41. The third kappa shape index (κ3) is 3.39. The number of hydrogen-bond acceptors (Lipinski definition) is 3. The lowest BCUT2D eigenvalue weighted by Crippen LogP contribution is -2.23. The topological polar surface area (TPSA) is 46.9 Å². The maximum atomic E-state index is 12.1. The summed E-state index contributed by atoms with van der Waals surface area (Å²) in [6.07, 6.45) is 1.90. The Labute approximate surface area is 125 Å². The molecule has 0 spiro atoms. The highest BCUT2D eigenvalue weighted by Gasteiger charge is 2.11. The van der Waals surface area contributed by atoms with E-state index < -0.39 is 0 Å². The van der Waals surface area contributed by atoms with Gasteiger partial charge in [0.1, 0.15) is 0 Å². The zero-order chi connectivity index (χ0) is 14.0. The quantitative estimate of drug-likeness (QED) is 0.844. The minimum absolute atomic E-state index is 0.133. The van der Waals surface area contributed by atoms with Crippen molar-refractivity contribution in [3.8, 4) is 0 Å². The molecule has 0 saturated heterocycles. The molecule has 1 amide bonds. The van der Waals surface area contributed by atoms with Gasteiger partial charge < -0.3 is 5.32 Å². The van der Waals surface area contributed by atoms with E-state index in [4.69, 9.17) is 0 Å². The van der Waals surface area contributed by atoms with Gasteiger partial charge in [-0.3, -0.25) is 9.48 Å². The van der Waals surface area contributed by atoms with E-state index in [1.807, 2.05) is 32.3 Å². The number of thiol groups is 1. The molecule has 0 fully saturated rings. The van der Waals surface area contributed by atoms with E-state index in [1.165, 1.54) is 0 Å². The largest absolute Gasteiger partial charge is 0.348 e. The Morgan fingerprint density at radius 3 is 2.89 bits per heavy atom. The van der Waals surface area contributed by atoms with Gasteiger partial charge in [0.2, 0.25) is 0 Å². The minimum Gasteiger partial charge on any atom is -0.348 e. The average Bonchev–Trinajstić information content (AvgIpc) is 2.68. The van der Waals surface area contributed by atoms with Crippen molar-refractivity contribution >= 4 is 34.5 Å². The summed E-state index contributed by atoms with van der Waals surface area (Å²) in [5.41, 5.74) is 2.51. The summed E-state index contributed by atoms with van der Waals surface area (Å²) in [5, 5.41) is 7.12. The highest BCUT2D eigenvalue weighted by atomic mass is 79.9. The fraction of sp³-hybridized carbons (Fsp3) is 0.231. The van der Waals surface area contributed by atoms with Gasteiger partial charge in [-0.25, -0.2) is 0 Å². The van der Waals surface area contributed by atoms with Gasteiger partial charge in [-0.15, -0.1) is 12.6 Å². The second-order valence-corrected chi connectivity index (χ2v) is 5.63. The van der Waals surface area contributed by atoms with Gasteiger partial charge in [-0.2, -0.15) is 5.10 Å². The third-order valence-electron chi connectivity index (χ3n) is 2.75. The van der Waals surface area contributed by atoms with E-state index in [0.717, 1.165) is 20.6 Å². The number of carbonyl (C=O) groups is 1. The predicted octanol–water partition coefficient (Wildman–Crippen LogP) is 2.71. The first kappa shape index (κ1) is 14.1. The van der Waals surface area contributed by atoms with Gasteiger partial charge in [0, 0.05) is 34.7 Å². The van der Waals surface area contributed by atoms with E-state index >= 15 is 0 Å². The lowest BCUT2D eigenvalue weighted by atomic mass is 10.2. The van der Waals surface area contributed by atoms with Crippen molar-refractivity contribution in [1.82, 2.24) is 15.1 Å². The van der Waals surface area contributed by atoms with Crippen LogP contribution in [0.5, 0.6) is 0 Å². The molecule has 100 valence electrons. The molecule has 0 aliphatic carbocycles. The molecular weight excluding hydrogens is 326 g/mol. The summed E-state index contributed by atoms with van der Waals surface area (Å²) in [5.74, 6) is -0.133.